The minimum absolute atomic E-state index is 0.266. The second kappa shape index (κ2) is 7.61. The fourth-order valence-electron chi connectivity index (χ4n) is 2.13. The molecule has 1 aliphatic rings. The predicted octanol–water partition coefficient (Wildman–Crippen LogP) is 0.582. The number of nitrogens with zero attached hydrogens (tertiary/aromatic N) is 2. The molecule has 1 saturated heterocycles. The smallest absolute Gasteiger partial charge is 0.0638 e. The minimum atomic E-state index is 0.266. The first kappa shape index (κ1) is 13.4. The molecule has 1 rings (SSSR count). The molecule has 0 amide bonds. The van der Waals surface area contributed by atoms with Gasteiger partial charge in [0.25, 0.3) is 0 Å². The van der Waals surface area contributed by atoms with Crippen LogP contribution in [0.5, 0.6) is 0 Å². The third-order valence-corrected chi connectivity index (χ3v) is 3.28. The highest BCUT2D eigenvalue weighted by atomic mass is 16.3. The molecule has 0 spiro atoms. The van der Waals surface area contributed by atoms with Gasteiger partial charge in [-0.25, -0.2) is 0 Å². The van der Waals surface area contributed by atoms with Gasteiger partial charge >= 0.3 is 0 Å². The van der Waals surface area contributed by atoms with E-state index in [9.17, 15) is 0 Å². The van der Waals surface area contributed by atoms with E-state index in [2.05, 4.69) is 23.2 Å². The molecule has 0 bridgehead atoms. The molecule has 0 saturated carbocycles. The molecule has 4 nitrogen and oxygen atoms in total. The molecule has 2 N–H and O–H groups in total. The molecule has 0 aromatic carbocycles. The Kier molecular flexibility index (Phi) is 6.39. The Morgan fingerprint density at radius 3 is 2.75 bits per heavy atom. The summed E-state index contributed by atoms with van der Waals surface area (Å²) in [5.41, 5.74) is 0. The van der Waals surface area contributed by atoms with E-state index in [4.69, 9.17) is 10.4 Å². The van der Waals surface area contributed by atoms with Gasteiger partial charge in [-0.1, -0.05) is 0 Å². The number of likely N-dealkylation sites (tertiary alicyclic amines) is 1. The van der Waals surface area contributed by atoms with Crippen LogP contribution in [-0.4, -0.2) is 48.8 Å². The van der Waals surface area contributed by atoms with Crippen LogP contribution < -0.4 is 5.32 Å². The Bertz CT molecular complexity index is 219. The van der Waals surface area contributed by atoms with Crippen molar-refractivity contribution in [3.8, 4) is 6.07 Å². The second-order valence-electron chi connectivity index (χ2n) is 4.68. The van der Waals surface area contributed by atoms with E-state index < -0.39 is 0 Å². The van der Waals surface area contributed by atoms with Crippen molar-refractivity contribution in [2.45, 2.75) is 32.2 Å². The molecule has 92 valence electrons. The summed E-state index contributed by atoms with van der Waals surface area (Å²) in [6.45, 7) is 6.35. The third kappa shape index (κ3) is 4.93. The third-order valence-electron chi connectivity index (χ3n) is 3.28. The lowest BCUT2D eigenvalue weighted by atomic mass is 9.96. The first-order chi connectivity index (χ1) is 7.76. The largest absolute Gasteiger partial charge is 0.395 e. The van der Waals surface area contributed by atoms with Gasteiger partial charge in [-0.3, -0.25) is 0 Å². The van der Waals surface area contributed by atoms with E-state index in [-0.39, 0.29) is 6.61 Å². The molecule has 1 aliphatic heterocycles. The van der Waals surface area contributed by atoms with Crippen molar-refractivity contribution in [1.82, 2.24) is 10.2 Å². The number of hydrogen-bond acceptors (Lipinski definition) is 4. The lowest BCUT2D eigenvalue weighted by molar-refractivity contribution is 0.146. The van der Waals surface area contributed by atoms with Gasteiger partial charge in [0.1, 0.15) is 0 Å². The van der Waals surface area contributed by atoms with Gasteiger partial charge in [0.2, 0.25) is 0 Å². The Balaban J connectivity index is 2.10. The van der Waals surface area contributed by atoms with Gasteiger partial charge in [0.15, 0.2) is 0 Å². The summed E-state index contributed by atoms with van der Waals surface area (Å²) < 4.78 is 0. The van der Waals surface area contributed by atoms with Crippen LogP contribution in [0.15, 0.2) is 0 Å². The summed E-state index contributed by atoms with van der Waals surface area (Å²) >= 11 is 0. The summed E-state index contributed by atoms with van der Waals surface area (Å²) in [5.74, 6) is 0.732. The molecule has 0 aromatic heterocycles. The van der Waals surface area contributed by atoms with Crippen LogP contribution in [-0.2, 0) is 0 Å². The minimum Gasteiger partial charge on any atom is -0.395 e. The molecule has 0 unspecified atom stereocenters. The summed E-state index contributed by atoms with van der Waals surface area (Å²) in [7, 11) is 0. The Morgan fingerprint density at radius 1 is 1.50 bits per heavy atom. The van der Waals surface area contributed by atoms with Crippen molar-refractivity contribution >= 4 is 0 Å². The number of nitrogens with one attached hydrogen (secondary N) is 1. The maximum atomic E-state index is 8.83. The van der Waals surface area contributed by atoms with E-state index in [0.29, 0.717) is 12.5 Å². The lowest BCUT2D eigenvalue weighted by Gasteiger charge is -2.32. The van der Waals surface area contributed by atoms with Gasteiger partial charge in [-0.2, -0.15) is 5.26 Å². The van der Waals surface area contributed by atoms with E-state index >= 15 is 0 Å². The Labute approximate surface area is 98.2 Å². The fraction of sp³-hybridized carbons (Fsp3) is 0.917. The number of β-amino-alcohol motifs (C(OH)–C–C–N with tert-alkyl or cyclic N) is 1. The summed E-state index contributed by atoms with van der Waals surface area (Å²) in [6.07, 6.45) is 2.99. The van der Waals surface area contributed by atoms with Crippen molar-refractivity contribution in [1.29, 1.82) is 5.26 Å². The quantitative estimate of drug-likeness (QED) is 0.694. The van der Waals surface area contributed by atoms with Crippen molar-refractivity contribution in [3.05, 3.63) is 0 Å². The Hall–Kier alpha value is -0.630. The lowest BCUT2D eigenvalue weighted by Crippen LogP contribution is -2.40. The highest BCUT2D eigenvalue weighted by Gasteiger charge is 2.18. The molecular formula is C12H23N3O. The van der Waals surface area contributed by atoms with Crippen molar-refractivity contribution in [3.63, 3.8) is 0 Å². The van der Waals surface area contributed by atoms with Gasteiger partial charge in [-0.15, -0.1) is 0 Å². The van der Waals surface area contributed by atoms with Crippen LogP contribution in [0.2, 0.25) is 0 Å². The summed E-state index contributed by atoms with van der Waals surface area (Å²) in [5, 5.41) is 20.8. The maximum absolute atomic E-state index is 8.83. The van der Waals surface area contributed by atoms with Gasteiger partial charge < -0.3 is 15.3 Å². The topological polar surface area (TPSA) is 59.3 Å². The number of piperidine rings is 1. The number of nitriles is 1. The number of aliphatic hydroxyl groups excluding tert-OH is 1. The molecule has 4 heteroatoms. The van der Waals surface area contributed by atoms with Crippen LogP contribution in [0.3, 0.4) is 0 Å². The number of hydrogen-bond donors (Lipinski definition) is 2. The summed E-state index contributed by atoms with van der Waals surface area (Å²) in [4.78, 5) is 2.31. The zero-order valence-corrected chi connectivity index (χ0v) is 10.2. The van der Waals surface area contributed by atoms with E-state index in [1.165, 1.54) is 12.8 Å². The SMILES string of the molecule is C[C@H](CC#N)NCC1CCN(CCO)CC1. The standard InChI is InChI=1S/C12H23N3O/c1-11(2-5-13)14-10-12-3-6-15(7-4-12)8-9-16/h11-12,14,16H,2-4,6-10H2,1H3/t11-/m1/s1. The van der Waals surface area contributed by atoms with E-state index in [1.54, 1.807) is 0 Å². The number of aliphatic hydroxyl groups is 1. The average molecular weight is 225 g/mol. The van der Waals surface area contributed by atoms with Gasteiger partial charge in [0, 0.05) is 12.6 Å². The van der Waals surface area contributed by atoms with Crippen molar-refractivity contribution in [2.24, 2.45) is 5.92 Å². The van der Waals surface area contributed by atoms with Crippen molar-refractivity contribution < 1.29 is 5.11 Å². The first-order valence-corrected chi connectivity index (χ1v) is 6.19. The van der Waals surface area contributed by atoms with Crippen LogP contribution in [0.1, 0.15) is 26.2 Å². The second-order valence-corrected chi connectivity index (χ2v) is 4.68. The normalized spacial score (nSPS) is 20.6. The molecular weight excluding hydrogens is 202 g/mol. The van der Waals surface area contributed by atoms with Crippen LogP contribution in [0.4, 0.5) is 0 Å². The monoisotopic (exact) mass is 225 g/mol. The number of rotatable bonds is 6. The van der Waals surface area contributed by atoms with Gasteiger partial charge in [0.05, 0.1) is 19.1 Å². The predicted molar refractivity (Wildman–Crippen MR) is 63.9 cm³/mol. The molecule has 0 aliphatic carbocycles. The fourth-order valence-corrected chi connectivity index (χ4v) is 2.13. The van der Waals surface area contributed by atoms with Crippen molar-refractivity contribution in [2.75, 3.05) is 32.8 Å². The molecule has 16 heavy (non-hydrogen) atoms. The van der Waals surface area contributed by atoms with Crippen LogP contribution in [0, 0.1) is 17.2 Å². The molecule has 0 aromatic rings. The molecule has 1 atom stereocenters. The zero-order valence-electron chi connectivity index (χ0n) is 10.2. The van der Waals surface area contributed by atoms with Crippen LogP contribution in [0.25, 0.3) is 0 Å². The molecule has 1 fully saturated rings. The molecule has 1 heterocycles. The van der Waals surface area contributed by atoms with E-state index in [1.807, 2.05) is 0 Å². The highest BCUT2D eigenvalue weighted by molar-refractivity contribution is 4.80. The zero-order chi connectivity index (χ0) is 11.8. The maximum Gasteiger partial charge on any atom is 0.0638 e. The molecule has 0 radical (unpaired) electrons. The first-order valence-electron chi connectivity index (χ1n) is 6.19. The summed E-state index contributed by atoms with van der Waals surface area (Å²) in [6, 6.07) is 2.49. The van der Waals surface area contributed by atoms with Gasteiger partial charge in [-0.05, 0) is 45.3 Å². The highest BCUT2D eigenvalue weighted by Crippen LogP contribution is 2.16. The average Bonchev–Trinajstić information content (AvgIpc) is 2.29. The Morgan fingerprint density at radius 2 is 2.19 bits per heavy atom. The van der Waals surface area contributed by atoms with Crippen LogP contribution >= 0.6 is 0 Å². The van der Waals surface area contributed by atoms with E-state index in [0.717, 1.165) is 32.1 Å².